The molecule has 1 N–H and O–H groups in total. The van der Waals surface area contributed by atoms with Crippen molar-refractivity contribution in [1.29, 1.82) is 5.26 Å². The first-order valence-corrected chi connectivity index (χ1v) is 10.6. The lowest BCUT2D eigenvalue weighted by Gasteiger charge is -2.37. The molecule has 0 bridgehead atoms. The van der Waals surface area contributed by atoms with Crippen LogP contribution < -0.4 is 9.64 Å². The third-order valence-electron chi connectivity index (χ3n) is 5.79. The molecule has 1 heterocycles. The Labute approximate surface area is 183 Å². The van der Waals surface area contributed by atoms with Crippen LogP contribution in [0.4, 0.5) is 0 Å². The summed E-state index contributed by atoms with van der Waals surface area (Å²) in [6.07, 6.45) is 0. The van der Waals surface area contributed by atoms with Crippen molar-refractivity contribution in [2.24, 2.45) is 0 Å². The van der Waals surface area contributed by atoms with Crippen LogP contribution in [0.1, 0.15) is 22.7 Å². The molecule has 1 fully saturated rings. The molecule has 0 atom stereocenters. The second-order valence-corrected chi connectivity index (χ2v) is 7.69. The van der Waals surface area contributed by atoms with Crippen LogP contribution in [0.2, 0.25) is 0 Å². The number of nitriles is 1. The molecule has 0 spiro atoms. The van der Waals surface area contributed by atoms with E-state index in [0.717, 1.165) is 13.1 Å². The first-order valence-electron chi connectivity index (χ1n) is 10.6. The second-order valence-electron chi connectivity index (χ2n) is 7.69. The minimum atomic E-state index is -0.0468. The van der Waals surface area contributed by atoms with Crippen molar-refractivity contribution in [3.63, 3.8) is 0 Å². The summed E-state index contributed by atoms with van der Waals surface area (Å²) in [7, 11) is 0. The standard InChI is InChI=1S/C26H25N3O2/c27-19-23-13-7-8-14-24(23)31-20-25(30)28-15-17-29(18-16-28)26(21-9-3-1-4-10-21)22-11-5-2-6-12-22/h1-14,26H,15-18,20H2/p+1. The maximum absolute atomic E-state index is 12.7. The van der Waals surface area contributed by atoms with Gasteiger partial charge in [-0.25, -0.2) is 0 Å². The maximum Gasteiger partial charge on any atom is 0.260 e. The number of piperazine rings is 1. The number of para-hydroxylation sites is 1. The molecule has 0 radical (unpaired) electrons. The number of amides is 1. The minimum Gasteiger partial charge on any atom is -0.482 e. The van der Waals surface area contributed by atoms with E-state index in [2.05, 4.69) is 54.6 Å². The molecular formula is C26H26N3O2+. The summed E-state index contributed by atoms with van der Waals surface area (Å²) in [5.74, 6) is 0.415. The summed E-state index contributed by atoms with van der Waals surface area (Å²) < 4.78 is 5.64. The van der Waals surface area contributed by atoms with E-state index in [0.29, 0.717) is 24.4 Å². The molecule has 5 nitrogen and oxygen atoms in total. The molecule has 0 saturated carbocycles. The van der Waals surface area contributed by atoms with Gasteiger partial charge in [0.15, 0.2) is 6.61 Å². The molecule has 0 aromatic heterocycles. The summed E-state index contributed by atoms with van der Waals surface area (Å²) >= 11 is 0. The van der Waals surface area contributed by atoms with Crippen molar-refractivity contribution in [2.45, 2.75) is 6.04 Å². The smallest absolute Gasteiger partial charge is 0.260 e. The zero-order chi connectivity index (χ0) is 21.5. The van der Waals surface area contributed by atoms with Gasteiger partial charge >= 0.3 is 0 Å². The van der Waals surface area contributed by atoms with Gasteiger partial charge in [0.05, 0.1) is 31.7 Å². The van der Waals surface area contributed by atoms with E-state index in [1.807, 2.05) is 17.0 Å². The predicted molar refractivity (Wildman–Crippen MR) is 119 cm³/mol. The second kappa shape index (κ2) is 9.92. The van der Waals surface area contributed by atoms with Crippen LogP contribution in [0.15, 0.2) is 84.9 Å². The Balaban J connectivity index is 1.40. The first kappa shape index (κ1) is 20.6. The van der Waals surface area contributed by atoms with Crippen LogP contribution in [-0.2, 0) is 4.79 Å². The molecule has 3 aromatic rings. The van der Waals surface area contributed by atoms with Crippen LogP contribution in [0.5, 0.6) is 5.75 Å². The Kier molecular flexibility index (Phi) is 6.61. The number of rotatable bonds is 6. The van der Waals surface area contributed by atoms with Gasteiger partial charge in [-0.1, -0.05) is 72.8 Å². The number of hydrogen-bond acceptors (Lipinski definition) is 3. The van der Waals surface area contributed by atoms with Gasteiger partial charge in [0.2, 0.25) is 0 Å². The van der Waals surface area contributed by atoms with Gasteiger partial charge in [0.25, 0.3) is 5.91 Å². The van der Waals surface area contributed by atoms with Crippen LogP contribution in [0, 0.1) is 11.3 Å². The number of nitrogens with one attached hydrogen (secondary N) is 1. The minimum absolute atomic E-state index is 0.0391. The average Bonchev–Trinajstić information content (AvgIpc) is 2.84. The van der Waals surface area contributed by atoms with Crippen molar-refractivity contribution in [3.8, 4) is 11.8 Å². The molecule has 1 amide bonds. The highest BCUT2D eigenvalue weighted by Gasteiger charge is 2.31. The largest absolute Gasteiger partial charge is 0.482 e. The molecule has 1 aliphatic rings. The SMILES string of the molecule is N#Cc1ccccc1OCC(=O)N1CC[NH+](C(c2ccccc2)c2ccccc2)CC1. The first-order chi connectivity index (χ1) is 15.3. The number of quaternary nitrogens is 1. The average molecular weight is 413 g/mol. The highest BCUT2D eigenvalue weighted by atomic mass is 16.5. The van der Waals surface area contributed by atoms with E-state index in [1.54, 1.807) is 24.3 Å². The fourth-order valence-corrected chi connectivity index (χ4v) is 4.20. The number of carbonyl (C=O) groups is 1. The number of benzene rings is 3. The van der Waals surface area contributed by atoms with E-state index in [-0.39, 0.29) is 18.6 Å². The van der Waals surface area contributed by atoms with Gasteiger partial charge in [-0.3, -0.25) is 4.79 Å². The van der Waals surface area contributed by atoms with E-state index >= 15 is 0 Å². The molecular weight excluding hydrogens is 386 g/mol. The Bertz CT molecular complexity index is 1000. The molecule has 4 rings (SSSR count). The number of hydrogen-bond donors (Lipinski definition) is 1. The van der Waals surface area contributed by atoms with Gasteiger partial charge < -0.3 is 14.5 Å². The van der Waals surface area contributed by atoms with Crippen LogP contribution in [0.3, 0.4) is 0 Å². The number of nitrogens with zero attached hydrogens (tertiary/aromatic N) is 2. The number of ether oxygens (including phenoxy) is 1. The Hall–Kier alpha value is -3.62. The molecule has 31 heavy (non-hydrogen) atoms. The van der Waals surface area contributed by atoms with Gasteiger partial charge in [0.1, 0.15) is 17.9 Å². The highest BCUT2D eigenvalue weighted by molar-refractivity contribution is 5.78. The fourth-order valence-electron chi connectivity index (χ4n) is 4.20. The fraction of sp³-hybridized carbons (Fsp3) is 0.231. The third kappa shape index (κ3) is 4.93. The zero-order valence-electron chi connectivity index (χ0n) is 17.4. The molecule has 3 aromatic carbocycles. The summed E-state index contributed by atoms with van der Waals surface area (Å²) in [6.45, 7) is 3.07. The predicted octanol–water partition coefficient (Wildman–Crippen LogP) is 2.45. The van der Waals surface area contributed by atoms with Gasteiger partial charge in [0, 0.05) is 11.1 Å². The topological polar surface area (TPSA) is 57.8 Å². The molecule has 1 aliphatic heterocycles. The monoisotopic (exact) mass is 412 g/mol. The van der Waals surface area contributed by atoms with E-state index in [9.17, 15) is 10.1 Å². The maximum atomic E-state index is 12.7. The van der Waals surface area contributed by atoms with Crippen molar-refractivity contribution in [1.82, 2.24) is 4.90 Å². The van der Waals surface area contributed by atoms with Gasteiger partial charge in [-0.2, -0.15) is 5.26 Å². The van der Waals surface area contributed by atoms with Crippen molar-refractivity contribution in [2.75, 3.05) is 32.8 Å². The van der Waals surface area contributed by atoms with Gasteiger partial charge in [-0.05, 0) is 12.1 Å². The van der Waals surface area contributed by atoms with E-state index in [1.165, 1.54) is 16.0 Å². The zero-order valence-corrected chi connectivity index (χ0v) is 17.4. The summed E-state index contributed by atoms with van der Waals surface area (Å²) in [6, 6.07) is 30.5. The Morgan fingerprint density at radius 3 is 2.03 bits per heavy atom. The van der Waals surface area contributed by atoms with Crippen molar-refractivity contribution >= 4 is 5.91 Å². The lowest BCUT2D eigenvalue weighted by molar-refractivity contribution is -0.929. The molecule has 0 unspecified atom stereocenters. The highest BCUT2D eigenvalue weighted by Crippen LogP contribution is 2.20. The van der Waals surface area contributed by atoms with Crippen LogP contribution >= 0.6 is 0 Å². The Morgan fingerprint density at radius 1 is 0.903 bits per heavy atom. The van der Waals surface area contributed by atoms with E-state index in [4.69, 9.17) is 4.74 Å². The molecule has 156 valence electrons. The molecule has 1 saturated heterocycles. The molecule has 5 heteroatoms. The lowest BCUT2D eigenvalue weighted by atomic mass is 9.96. The third-order valence-corrected chi connectivity index (χ3v) is 5.79. The summed E-state index contributed by atoms with van der Waals surface area (Å²) in [5, 5.41) is 9.17. The number of carbonyl (C=O) groups excluding carboxylic acids is 1. The van der Waals surface area contributed by atoms with Crippen molar-refractivity contribution < 1.29 is 14.4 Å². The van der Waals surface area contributed by atoms with E-state index < -0.39 is 0 Å². The van der Waals surface area contributed by atoms with Crippen LogP contribution in [0.25, 0.3) is 0 Å². The summed E-state index contributed by atoms with van der Waals surface area (Å²) in [4.78, 5) is 16.0. The Morgan fingerprint density at radius 2 is 1.45 bits per heavy atom. The van der Waals surface area contributed by atoms with Gasteiger partial charge in [-0.15, -0.1) is 0 Å². The summed E-state index contributed by atoms with van der Waals surface area (Å²) in [5.41, 5.74) is 3.03. The van der Waals surface area contributed by atoms with Crippen molar-refractivity contribution in [3.05, 3.63) is 102 Å². The molecule has 0 aliphatic carbocycles. The normalized spacial score (nSPS) is 14.3. The lowest BCUT2D eigenvalue weighted by Crippen LogP contribution is -3.15. The van der Waals surface area contributed by atoms with Crippen LogP contribution in [-0.4, -0.2) is 43.6 Å². The quantitative estimate of drug-likeness (QED) is 0.677.